The minimum atomic E-state index is -0.906. The minimum absolute atomic E-state index is 0.372. The van der Waals surface area contributed by atoms with Crippen molar-refractivity contribution in [3.8, 4) is 0 Å². The molecule has 0 heterocycles. The number of esters is 1. The molecule has 1 aromatic carbocycles. The topological polar surface area (TPSA) is 63.6 Å². The van der Waals surface area contributed by atoms with E-state index in [1.807, 2.05) is 0 Å². The minimum Gasteiger partial charge on any atom is -0.480 e. The number of hydrogen-bond donors (Lipinski definition) is 1. The molecule has 16 heavy (non-hydrogen) atoms. The molecule has 1 N–H and O–H groups in total. The summed E-state index contributed by atoms with van der Waals surface area (Å²) in [6.45, 7) is 0. The van der Waals surface area contributed by atoms with Gasteiger partial charge in [0.25, 0.3) is 0 Å². The number of hydrogen-bond acceptors (Lipinski definition) is 3. The van der Waals surface area contributed by atoms with Crippen molar-refractivity contribution >= 4 is 27.9 Å². The summed E-state index contributed by atoms with van der Waals surface area (Å²) in [7, 11) is 1.31. The van der Waals surface area contributed by atoms with Crippen LogP contribution in [0.4, 0.5) is 0 Å². The number of aliphatic carboxylic acids is 1. The number of alkyl halides is 1. The molecule has 4 nitrogen and oxygen atoms in total. The van der Waals surface area contributed by atoms with Crippen molar-refractivity contribution in [3.05, 3.63) is 35.4 Å². The van der Waals surface area contributed by atoms with Crippen molar-refractivity contribution in [1.82, 2.24) is 0 Å². The standard InChI is InChI=1S/C11H11BrO4/c1-16-11(15)8-4-2-7(3-5-8)6-9(12)10(13)14/h2-5,9H,6H2,1H3,(H,13,14)/t9-/m1/s1. The molecular formula is C11H11BrO4. The lowest BCUT2D eigenvalue weighted by Crippen LogP contribution is -2.15. The lowest BCUT2D eigenvalue weighted by molar-refractivity contribution is -0.136. The van der Waals surface area contributed by atoms with E-state index in [1.54, 1.807) is 24.3 Å². The molecule has 1 aromatic rings. The average Bonchev–Trinajstić information content (AvgIpc) is 2.28. The second-order valence-electron chi connectivity index (χ2n) is 3.20. The van der Waals surface area contributed by atoms with E-state index in [1.165, 1.54) is 7.11 Å². The molecule has 0 fully saturated rings. The molecule has 0 aliphatic rings. The molecule has 5 heteroatoms. The highest BCUT2D eigenvalue weighted by Crippen LogP contribution is 2.12. The van der Waals surface area contributed by atoms with Crippen molar-refractivity contribution in [3.63, 3.8) is 0 Å². The molecule has 0 radical (unpaired) electrons. The lowest BCUT2D eigenvalue weighted by Gasteiger charge is -2.05. The maximum atomic E-state index is 11.1. The van der Waals surface area contributed by atoms with Gasteiger partial charge in [-0.3, -0.25) is 4.79 Å². The zero-order valence-electron chi connectivity index (χ0n) is 8.64. The summed E-state index contributed by atoms with van der Waals surface area (Å²) < 4.78 is 4.55. The van der Waals surface area contributed by atoms with Crippen LogP contribution < -0.4 is 0 Å². The highest BCUT2D eigenvalue weighted by atomic mass is 79.9. The molecule has 0 spiro atoms. The summed E-state index contributed by atoms with van der Waals surface area (Å²) in [6.07, 6.45) is 0.372. The number of carboxylic acid groups (broad SMARTS) is 1. The van der Waals surface area contributed by atoms with Crippen molar-refractivity contribution in [1.29, 1.82) is 0 Å². The van der Waals surface area contributed by atoms with E-state index < -0.39 is 16.8 Å². The van der Waals surface area contributed by atoms with Gasteiger partial charge in [-0.05, 0) is 24.1 Å². The third-order valence-corrected chi connectivity index (χ3v) is 2.77. The van der Waals surface area contributed by atoms with Gasteiger partial charge in [0.2, 0.25) is 0 Å². The predicted molar refractivity (Wildman–Crippen MR) is 61.8 cm³/mol. The Hall–Kier alpha value is -1.36. The van der Waals surface area contributed by atoms with E-state index >= 15 is 0 Å². The van der Waals surface area contributed by atoms with E-state index in [4.69, 9.17) is 5.11 Å². The van der Waals surface area contributed by atoms with E-state index in [9.17, 15) is 9.59 Å². The summed E-state index contributed by atoms with van der Waals surface area (Å²) in [5, 5.41) is 8.70. The molecular weight excluding hydrogens is 276 g/mol. The number of methoxy groups -OCH3 is 1. The van der Waals surface area contributed by atoms with Crippen molar-refractivity contribution in [2.24, 2.45) is 0 Å². The first kappa shape index (κ1) is 12.7. The molecule has 1 rings (SSSR count). The maximum Gasteiger partial charge on any atom is 0.337 e. The molecule has 0 bridgehead atoms. The van der Waals surface area contributed by atoms with Crippen LogP contribution in [-0.2, 0) is 16.0 Å². The molecule has 0 aromatic heterocycles. The van der Waals surface area contributed by atoms with Gasteiger partial charge in [0.1, 0.15) is 4.83 Å². The van der Waals surface area contributed by atoms with Crippen molar-refractivity contribution in [2.45, 2.75) is 11.2 Å². The van der Waals surface area contributed by atoms with E-state index in [-0.39, 0.29) is 0 Å². The van der Waals surface area contributed by atoms with Gasteiger partial charge in [0, 0.05) is 0 Å². The van der Waals surface area contributed by atoms with Gasteiger partial charge in [-0.15, -0.1) is 0 Å². The van der Waals surface area contributed by atoms with E-state index in [0.29, 0.717) is 12.0 Å². The summed E-state index contributed by atoms with van der Waals surface area (Å²) in [6, 6.07) is 6.65. The Morgan fingerprint density at radius 2 is 1.94 bits per heavy atom. The Kier molecular flexibility index (Phi) is 4.49. The summed E-state index contributed by atoms with van der Waals surface area (Å²) >= 11 is 3.05. The van der Waals surface area contributed by atoms with Crippen LogP contribution in [0.3, 0.4) is 0 Å². The van der Waals surface area contributed by atoms with Crippen LogP contribution in [0.25, 0.3) is 0 Å². The van der Waals surface area contributed by atoms with Crippen LogP contribution in [-0.4, -0.2) is 29.0 Å². The second kappa shape index (κ2) is 5.65. The number of carbonyl (C=O) groups is 2. The fourth-order valence-electron chi connectivity index (χ4n) is 1.19. The monoisotopic (exact) mass is 286 g/mol. The van der Waals surface area contributed by atoms with Gasteiger partial charge >= 0.3 is 11.9 Å². The van der Waals surface area contributed by atoms with Gasteiger partial charge in [-0.2, -0.15) is 0 Å². The Morgan fingerprint density at radius 3 is 2.38 bits per heavy atom. The fourth-order valence-corrected chi connectivity index (χ4v) is 1.56. The van der Waals surface area contributed by atoms with Crippen LogP contribution in [0.1, 0.15) is 15.9 Å². The number of carboxylic acids is 1. The first-order valence-corrected chi connectivity index (χ1v) is 5.50. The van der Waals surface area contributed by atoms with Crippen molar-refractivity contribution in [2.75, 3.05) is 7.11 Å². The van der Waals surface area contributed by atoms with Crippen LogP contribution in [0.15, 0.2) is 24.3 Å². The van der Waals surface area contributed by atoms with E-state index in [0.717, 1.165) is 5.56 Å². The molecule has 86 valence electrons. The van der Waals surface area contributed by atoms with Gasteiger partial charge in [0.05, 0.1) is 12.7 Å². The zero-order valence-corrected chi connectivity index (χ0v) is 10.2. The number of benzene rings is 1. The molecule has 0 unspecified atom stereocenters. The molecule has 0 saturated heterocycles. The lowest BCUT2D eigenvalue weighted by atomic mass is 10.1. The maximum absolute atomic E-state index is 11.1. The fraction of sp³-hybridized carbons (Fsp3) is 0.273. The summed E-state index contributed by atoms with van der Waals surface area (Å²) in [5.41, 5.74) is 1.30. The highest BCUT2D eigenvalue weighted by molar-refractivity contribution is 9.10. The SMILES string of the molecule is COC(=O)c1ccc(C[C@@H](Br)C(=O)O)cc1. The predicted octanol–water partition coefficient (Wildman–Crippen LogP) is 1.86. The third kappa shape index (κ3) is 3.34. The van der Waals surface area contributed by atoms with Crippen LogP contribution in [0.5, 0.6) is 0 Å². The normalized spacial score (nSPS) is 11.9. The number of rotatable bonds is 4. The Bertz CT molecular complexity index is 385. The average molecular weight is 287 g/mol. The quantitative estimate of drug-likeness (QED) is 0.678. The smallest absolute Gasteiger partial charge is 0.337 e. The number of carbonyl (C=O) groups excluding carboxylic acids is 1. The molecule has 0 amide bonds. The largest absolute Gasteiger partial charge is 0.480 e. The van der Waals surface area contributed by atoms with Gasteiger partial charge < -0.3 is 9.84 Å². The molecule has 0 saturated carbocycles. The first-order chi connectivity index (χ1) is 7.54. The molecule has 0 aliphatic carbocycles. The zero-order chi connectivity index (χ0) is 12.1. The Labute approximate surface area is 101 Å². The second-order valence-corrected chi connectivity index (χ2v) is 4.30. The third-order valence-electron chi connectivity index (χ3n) is 2.06. The Morgan fingerprint density at radius 1 is 1.38 bits per heavy atom. The van der Waals surface area contributed by atoms with Gasteiger partial charge in [-0.1, -0.05) is 28.1 Å². The van der Waals surface area contributed by atoms with E-state index in [2.05, 4.69) is 20.7 Å². The van der Waals surface area contributed by atoms with Crippen LogP contribution in [0.2, 0.25) is 0 Å². The molecule has 0 aliphatic heterocycles. The van der Waals surface area contributed by atoms with Crippen LogP contribution in [0, 0.1) is 0 Å². The van der Waals surface area contributed by atoms with Gasteiger partial charge in [0.15, 0.2) is 0 Å². The number of ether oxygens (including phenoxy) is 1. The Balaban J connectivity index is 2.72. The van der Waals surface area contributed by atoms with Crippen LogP contribution >= 0.6 is 15.9 Å². The summed E-state index contributed by atoms with van der Waals surface area (Å²) in [4.78, 5) is 21.1. The van der Waals surface area contributed by atoms with Gasteiger partial charge in [-0.25, -0.2) is 4.79 Å². The molecule has 1 atom stereocenters. The number of halogens is 1. The highest BCUT2D eigenvalue weighted by Gasteiger charge is 2.13. The summed E-state index contributed by atoms with van der Waals surface area (Å²) in [5.74, 6) is -1.31. The van der Waals surface area contributed by atoms with Crippen molar-refractivity contribution < 1.29 is 19.4 Å². The first-order valence-electron chi connectivity index (χ1n) is 4.58.